The Morgan fingerprint density at radius 2 is 2.05 bits per heavy atom. The normalized spacial score (nSPS) is 13.7. The van der Waals surface area contributed by atoms with Crippen molar-refractivity contribution in [3.63, 3.8) is 0 Å². The molecule has 0 fully saturated rings. The first-order chi connectivity index (χ1) is 10.2. The van der Waals surface area contributed by atoms with Crippen molar-refractivity contribution in [2.45, 2.75) is 13.3 Å². The summed E-state index contributed by atoms with van der Waals surface area (Å²) in [5.74, 6) is 1.02. The van der Waals surface area contributed by atoms with Crippen LogP contribution in [-0.4, -0.2) is 42.5 Å². The molecule has 1 aliphatic heterocycles. The first-order valence-electron chi connectivity index (χ1n) is 7.23. The number of nitrogens with one attached hydrogen (secondary N) is 1. The van der Waals surface area contributed by atoms with Crippen LogP contribution in [0.15, 0.2) is 34.6 Å². The Morgan fingerprint density at radius 3 is 2.64 bits per heavy atom. The number of aryl methyl sites for hydroxylation is 1. The number of halogens is 1. The van der Waals surface area contributed by atoms with Crippen molar-refractivity contribution in [1.82, 2.24) is 15.2 Å². The SMILES string of the molecule is Cc1nc(-c2ccc(CCNC3=NCCN3C)cc2)cs1.I. The second kappa shape index (κ2) is 7.92. The van der Waals surface area contributed by atoms with E-state index in [-0.39, 0.29) is 24.0 Å². The summed E-state index contributed by atoms with van der Waals surface area (Å²) < 4.78 is 0. The molecular weight excluding hydrogens is 407 g/mol. The minimum absolute atomic E-state index is 0. The maximum absolute atomic E-state index is 4.52. The molecule has 0 radical (unpaired) electrons. The van der Waals surface area contributed by atoms with Crippen molar-refractivity contribution in [3.05, 3.63) is 40.2 Å². The Balaban J connectivity index is 0.00000176. The van der Waals surface area contributed by atoms with E-state index in [9.17, 15) is 0 Å². The molecule has 0 aliphatic carbocycles. The van der Waals surface area contributed by atoms with Gasteiger partial charge in [0.2, 0.25) is 0 Å². The van der Waals surface area contributed by atoms with Crippen molar-refractivity contribution in [1.29, 1.82) is 0 Å². The molecule has 0 saturated carbocycles. The Bertz CT molecular complexity index is 636. The summed E-state index contributed by atoms with van der Waals surface area (Å²) in [6.07, 6.45) is 1.00. The lowest BCUT2D eigenvalue weighted by molar-refractivity contribution is 0.534. The number of aromatic nitrogens is 1. The van der Waals surface area contributed by atoms with E-state index in [1.54, 1.807) is 11.3 Å². The second-order valence-electron chi connectivity index (χ2n) is 5.25. The molecule has 2 heterocycles. The van der Waals surface area contributed by atoms with Gasteiger partial charge in [-0.3, -0.25) is 4.99 Å². The van der Waals surface area contributed by atoms with E-state index >= 15 is 0 Å². The van der Waals surface area contributed by atoms with Gasteiger partial charge in [-0.15, -0.1) is 35.3 Å². The highest BCUT2D eigenvalue weighted by molar-refractivity contribution is 14.0. The predicted octanol–water partition coefficient (Wildman–Crippen LogP) is 3.17. The van der Waals surface area contributed by atoms with Crippen LogP contribution in [0.4, 0.5) is 0 Å². The molecule has 0 spiro atoms. The minimum atomic E-state index is 0. The van der Waals surface area contributed by atoms with Crippen LogP contribution in [0.5, 0.6) is 0 Å². The van der Waals surface area contributed by atoms with Gasteiger partial charge in [0.1, 0.15) is 0 Å². The third-order valence-electron chi connectivity index (χ3n) is 3.62. The van der Waals surface area contributed by atoms with Crippen LogP contribution in [0.3, 0.4) is 0 Å². The van der Waals surface area contributed by atoms with Gasteiger partial charge < -0.3 is 10.2 Å². The summed E-state index contributed by atoms with van der Waals surface area (Å²) >= 11 is 1.69. The quantitative estimate of drug-likeness (QED) is 0.761. The lowest BCUT2D eigenvalue weighted by atomic mass is 10.1. The molecule has 3 rings (SSSR count). The molecule has 2 aromatic rings. The van der Waals surface area contributed by atoms with Crippen LogP contribution < -0.4 is 5.32 Å². The number of hydrogen-bond donors (Lipinski definition) is 1. The number of aliphatic imine (C=N–C) groups is 1. The van der Waals surface area contributed by atoms with Crippen molar-refractivity contribution < 1.29 is 0 Å². The van der Waals surface area contributed by atoms with Crippen molar-refractivity contribution in [3.8, 4) is 11.3 Å². The maximum Gasteiger partial charge on any atom is 0.193 e. The fourth-order valence-corrected chi connectivity index (χ4v) is 3.00. The van der Waals surface area contributed by atoms with Gasteiger partial charge in [-0.2, -0.15) is 0 Å². The van der Waals surface area contributed by atoms with E-state index in [0.717, 1.165) is 42.7 Å². The first-order valence-corrected chi connectivity index (χ1v) is 8.11. The molecule has 22 heavy (non-hydrogen) atoms. The largest absolute Gasteiger partial charge is 0.356 e. The molecule has 6 heteroatoms. The number of likely N-dealkylation sites (N-methyl/N-ethyl adjacent to an activating group) is 1. The number of nitrogens with zero attached hydrogens (tertiary/aromatic N) is 3. The van der Waals surface area contributed by atoms with Gasteiger partial charge in [0.05, 0.1) is 17.2 Å². The molecule has 0 unspecified atom stereocenters. The molecule has 1 aromatic carbocycles. The number of guanidine groups is 1. The molecule has 0 saturated heterocycles. The van der Waals surface area contributed by atoms with Crippen molar-refractivity contribution >= 4 is 41.3 Å². The fourth-order valence-electron chi connectivity index (χ4n) is 2.38. The zero-order valence-electron chi connectivity index (χ0n) is 12.9. The minimum Gasteiger partial charge on any atom is -0.356 e. The molecule has 0 atom stereocenters. The Kier molecular flexibility index (Phi) is 6.19. The second-order valence-corrected chi connectivity index (χ2v) is 6.31. The van der Waals surface area contributed by atoms with E-state index < -0.39 is 0 Å². The maximum atomic E-state index is 4.52. The van der Waals surface area contributed by atoms with E-state index in [1.807, 2.05) is 6.92 Å². The van der Waals surface area contributed by atoms with Gasteiger partial charge in [0.25, 0.3) is 0 Å². The number of benzene rings is 1. The van der Waals surface area contributed by atoms with E-state index in [4.69, 9.17) is 0 Å². The molecular formula is C16H21IN4S. The fraction of sp³-hybridized carbons (Fsp3) is 0.375. The van der Waals surface area contributed by atoms with Gasteiger partial charge >= 0.3 is 0 Å². The van der Waals surface area contributed by atoms with E-state index in [0.29, 0.717) is 0 Å². The van der Waals surface area contributed by atoms with Crippen LogP contribution in [0, 0.1) is 6.92 Å². The summed E-state index contributed by atoms with van der Waals surface area (Å²) in [6, 6.07) is 8.68. The van der Waals surface area contributed by atoms with E-state index in [1.165, 1.54) is 11.1 Å². The molecule has 0 amide bonds. The molecule has 1 N–H and O–H groups in total. The van der Waals surface area contributed by atoms with Crippen LogP contribution in [-0.2, 0) is 6.42 Å². The molecule has 4 nitrogen and oxygen atoms in total. The van der Waals surface area contributed by atoms with Crippen LogP contribution in [0.1, 0.15) is 10.6 Å². The van der Waals surface area contributed by atoms with Gasteiger partial charge in [0.15, 0.2) is 5.96 Å². The third-order valence-corrected chi connectivity index (χ3v) is 4.40. The summed E-state index contributed by atoms with van der Waals surface area (Å²) in [7, 11) is 2.07. The van der Waals surface area contributed by atoms with Gasteiger partial charge in [-0.25, -0.2) is 4.98 Å². The lowest BCUT2D eigenvalue weighted by Gasteiger charge is -2.15. The highest BCUT2D eigenvalue weighted by Crippen LogP contribution is 2.21. The zero-order chi connectivity index (χ0) is 14.7. The zero-order valence-corrected chi connectivity index (χ0v) is 16.0. The monoisotopic (exact) mass is 428 g/mol. The van der Waals surface area contributed by atoms with E-state index in [2.05, 4.69) is 56.9 Å². The number of rotatable bonds is 4. The summed E-state index contributed by atoms with van der Waals surface area (Å²) in [6.45, 7) is 4.87. The van der Waals surface area contributed by atoms with Crippen LogP contribution in [0.2, 0.25) is 0 Å². The summed E-state index contributed by atoms with van der Waals surface area (Å²) in [5.41, 5.74) is 3.60. The molecule has 1 aromatic heterocycles. The van der Waals surface area contributed by atoms with Crippen molar-refractivity contribution in [2.24, 2.45) is 4.99 Å². The van der Waals surface area contributed by atoms with Gasteiger partial charge in [-0.05, 0) is 18.9 Å². The Labute approximate surface area is 152 Å². The lowest BCUT2D eigenvalue weighted by Crippen LogP contribution is -2.36. The number of hydrogen-bond acceptors (Lipinski definition) is 5. The number of thiazole rings is 1. The molecule has 118 valence electrons. The summed E-state index contributed by atoms with van der Waals surface area (Å²) in [4.78, 5) is 11.1. The highest BCUT2D eigenvalue weighted by atomic mass is 127. The average molecular weight is 428 g/mol. The predicted molar refractivity (Wildman–Crippen MR) is 104 cm³/mol. The third kappa shape index (κ3) is 4.19. The standard InChI is InChI=1S/C16H20N4S.HI/c1-12-19-15(11-21-12)14-5-3-13(4-6-14)7-8-17-16-18-9-10-20(16)2;/h3-6,11H,7-10H2,1-2H3,(H,17,18);1H. The average Bonchev–Trinajstić information content (AvgIpc) is 3.09. The van der Waals surface area contributed by atoms with Gasteiger partial charge in [-0.1, -0.05) is 24.3 Å². The summed E-state index contributed by atoms with van der Waals surface area (Å²) in [5, 5.41) is 6.62. The van der Waals surface area contributed by atoms with Crippen LogP contribution in [0.25, 0.3) is 11.3 Å². The van der Waals surface area contributed by atoms with Crippen molar-refractivity contribution in [2.75, 3.05) is 26.7 Å². The Hall–Kier alpha value is -1.15. The topological polar surface area (TPSA) is 40.5 Å². The molecule has 0 bridgehead atoms. The first kappa shape index (κ1) is 17.2. The smallest absolute Gasteiger partial charge is 0.193 e. The molecule has 1 aliphatic rings. The Morgan fingerprint density at radius 1 is 1.27 bits per heavy atom. The van der Waals surface area contributed by atoms with Gasteiger partial charge in [0, 0.05) is 31.1 Å². The highest BCUT2D eigenvalue weighted by Gasteiger charge is 2.10. The van der Waals surface area contributed by atoms with Crippen LogP contribution >= 0.6 is 35.3 Å².